The van der Waals surface area contributed by atoms with Crippen LogP contribution in [0.2, 0.25) is 0 Å². The number of fused-ring (bicyclic) bond motifs is 4. The molecule has 0 unspecified atom stereocenters. The van der Waals surface area contributed by atoms with Crippen LogP contribution in [0.1, 0.15) is 116 Å². The molecule has 2 atom stereocenters. The Labute approximate surface area is 393 Å². The van der Waals surface area contributed by atoms with Crippen molar-refractivity contribution in [2.75, 3.05) is 14.2 Å². The van der Waals surface area contributed by atoms with Crippen LogP contribution >= 0.6 is 0 Å². The molecule has 0 amide bonds. The molecule has 0 saturated carbocycles. The molecule has 0 aromatic heterocycles. The van der Waals surface area contributed by atoms with Gasteiger partial charge < -0.3 is 19.7 Å². The number of hydrogen-bond acceptors (Lipinski definition) is 4. The Morgan fingerprint density at radius 2 is 0.712 bits per heavy atom. The van der Waals surface area contributed by atoms with Gasteiger partial charge in [-0.25, -0.2) is 0 Å². The lowest BCUT2D eigenvalue weighted by Crippen LogP contribution is -2.34. The monoisotopic (exact) mass is 879 g/mol. The van der Waals surface area contributed by atoms with Crippen LogP contribution < -0.4 is 0 Å². The van der Waals surface area contributed by atoms with Gasteiger partial charge in [0.25, 0.3) is 0 Å². The normalized spacial score (nSPS) is 13.8. The summed E-state index contributed by atoms with van der Waals surface area (Å²) in [7, 11) is 3.40. The minimum absolute atomic E-state index is 0.0104. The Kier molecular flexibility index (Phi) is 12.2. The van der Waals surface area contributed by atoms with Crippen LogP contribution in [0, 0.1) is 0 Å². The SMILES string of the molecule is CO[C@H](Cc1cccc(-c2c3ccc(C(C)(C)C)cc3cc3ccc(C(C)(C)C)cc23)c1O)[C@@H](Cc1cccc(-c2c3ccc(C(C)(C)C)cc3cc3ccc(C(C)(C)C)cc23)c1O)OC. The highest BCUT2D eigenvalue weighted by atomic mass is 16.5. The Balaban J connectivity index is 1.20. The van der Waals surface area contributed by atoms with Gasteiger partial charge in [-0.15, -0.1) is 0 Å². The predicted molar refractivity (Wildman–Crippen MR) is 281 cm³/mol. The largest absolute Gasteiger partial charge is 0.507 e. The lowest BCUT2D eigenvalue weighted by molar-refractivity contribution is -0.0350. The molecule has 8 rings (SSSR count). The lowest BCUT2D eigenvalue weighted by atomic mass is 9.81. The van der Waals surface area contributed by atoms with Crippen LogP contribution in [0.15, 0.2) is 121 Å². The van der Waals surface area contributed by atoms with Crippen LogP contribution in [0.5, 0.6) is 11.5 Å². The van der Waals surface area contributed by atoms with Crippen molar-refractivity contribution in [3.8, 4) is 33.8 Å². The zero-order valence-electron chi connectivity index (χ0n) is 41.8. The molecule has 0 heterocycles. The summed E-state index contributed by atoms with van der Waals surface area (Å²) in [6.45, 7) is 26.9. The predicted octanol–water partition coefficient (Wildman–Crippen LogP) is 16.0. The van der Waals surface area contributed by atoms with Crippen LogP contribution in [0.3, 0.4) is 0 Å². The van der Waals surface area contributed by atoms with Gasteiger partial charge in [0.15, 0.2) is 0 Å². The maximum atomic E-state index is 12.4. The summed E-state index contributed by atoms with van der Waals surface area (Å²) < 4.78 is 12.5. The van der Waals surface area contributed by atoms with Gasteiger partial charge in [-0.2, -0.15) is 0 Å². The zero-order valence-corrected chi connectivity index (χ0v) is 41.8. The topological polar surface area (TPSA) is 58.9 Å². The Morgan fingerprint density at radius 1 is 0.379 bits per heavy atom. The second-order valence-electron chi connectivity index (χ2n) is 22.8. The van der Waals surface area contributed by atoms with Crippen molar-refractivity contribution < 1.29 is 19.7 Å². The molecule has 0 aliphatic heterocycles. The van der Waals surface area contributed by atoms with E-state index in [1.165, 1.54) is 22.3 Å². The summed E-state index contributed by atoms with van der Waals surface area (Å²) in [5.74, 6) is 0.474. The van der Waals surface area contributed by atoms with E-state index < -0.39 is 12.2 Å². The van der Waals surface area contributed by atoms with Gasteiger partial charge in [0.2, 0.25) is 0 Å². The number of benzene rings is 8. The fourth-order valence-electron chi connectivity index (χ4n) is 9.77. The first-order valence-electron chi connectivity index (χ1n) is 23.7. The summed E-state index contributed by atoms with van der Waals surface area (Å²) in [5, 5.41) is 33.9. The number of para-hydroxylation sites is 2. The second kappa shape index (κ2) is 17.2. The quantitative estimate of drug-likeness (QED) is 0.142. The second-order valence-corrected chi connectivity index (χ2v) is 22.8. The fourth-order valence-corrected chi connectivity index (χ4v) is 9.77. The summed E-state index contributed by atoms with van der Waals surface area (Å²) in [4.78, 5) is 0. The number of aromatic hydroxyl groups is 2. The molecule has 342 valence electrons. The van der Waals surface area contributed by atoms with Gasteiger partial charge in [0.1, 0.15) is 11.5 Å². The summed E-state index contributed by atoms with van der Waals surface area (Å²) in [5.41, 5.74) is 10.1. The number of ether oxygens (including phenoxy) is 2. The molecular weight excluding hydrogens is 809 g/mol. The molecule has 0 aliphatic carbocycles. The molecule has 8 aromatic carbocycles. The van der Waals surface area contributed by atoms with Crippen molar-refractivity contribution in [3.63, 3.8) is 0 Å². The van der Waals surface area contributed by atoms with E-state index in [4.69, 9.17) is 9.47 Å². The third-order valence-electron chi connectivity index (χ3n) is 14.0. The molecule has 2 N–H and O–H groups in total. The average molecular weight is 879 g/mol. The van der Waals surface area contributed by atoms with E-state index in [2.05, 4.69) is 168 Å². The summed E-state index contributed by atoms with van der Waals surface area (Å²) >= 11 is 0. The van der Waals surface area contributed by atoms with Gasteiger partial charge in [-0.05, 0) is 122 Å². The molecule has 0 saturated heterocycles. The van der Waals surface area contributed by atoms with Gasteiger partial charge in [-0.1, -0.05) is 180 Å². The Morgan fingerprint density at radius 3 is 1.05 bits per heavy atom. The molecule has 4 heteroatoms. The third-order valence-corrected chi connectivity index (χ3v) is 14.0. The molecular formula is C62H70O4. The molecule has 66 heavy (non-hydrogen) atoms. The first-order chi connectivity index (χ1) is 31.0. The average Bonchev–Trinajstić information content (AvgIpc) is 3.25. The van der Waals surface area contributed by atoms with Gasteiger partial charge in [0.05, 0.1) is 12.2 Å². The highest BCUT2D eigenvalue weighted by Crippen LogP contribution is 2.46. The van der Waals surface area contributed by atoms with Crippen molar-refractivity contribution in [1.29, 1.82) is 0 Å². The van der Waals surface area contributed by atoms with Crippen LogP contribution in [0.25, 0.3) is 65.3 Å². The van der Waals surface area contributed by atoms with E-state index >= 15 is 0 Å². The van der Waals surface area contributed by atoms with Crippen molar-refractivity contribution >= 4 is 43.1 Å². The van der Waals surface area contributed by atoms with Gasteiger partial charge in [-0.3, -0.25) is 0 Å². The van der Waals surface area contributed by atoms with Crippen LogP contribution in [0.4, 0.5) is 0 Å². The number of methoxy groups -OCH3 is 2. The van der Waals surface area contributed by atoms with Gasteiger partial charge in [0, 0.05) is 49.3 Å². The number of rotatable bonds is 9. The standard InChI is InChI=1S/C62H70O4/c1-59(2,3)43-25-27-47-41(31-43)29-37-21-23-45(61(7,8)9)35-51(37)55(47)49-19-15-17-39(57(49)63)33-53(65-13)54(66-14)34-40-18-16-20-50(58(40)64)56-48-28-26-44(60(4,5)6)32-42(48)30-38-22-24-46(36-52(38)56)62(10,11)12/h15-32,35-36,53-54,63-64H,33-34H2,1-14H3/t53-,54-/m1/s1. The molecule has 4 nitrogen and oxygen atoms in total. The van der Waals surface area contributed by atoms with E-state index in [0.717, 1.165) is 76.5 Å². The zero-order chi connectivity index (χ0) is 47.7. The highest BCUT2D eigenvalue weighted by molar-refractivity contribution is 6.15. The summed E-state index contributed by atoms with van der Waals surface area (Å²) in [6.07, 6.45) is -0.0691. The fraction of sp³-hybridized carbons (Fsp3) is 0.355. The first kappa shape index (κ1) is 46.8. The van der Waals surface area contributed by atoms with Crippen molar-refractivity contribution in [2.24, 2.45) is 0 Å². The highest BCUT2D eigenvalue weighted by Gasteiger charge is 2.28. The van der Waals surface area contributed by atoms with Crippen LogP contribution in [-0.4, -0.2) is 36.6 Å². The minimum atomic E-state index is -0.436. The van der Waals surface area contributed by atoms with E-state index in [0.29, 0.717) is 12.8 Å². The molecule has 0 spiro atoms. The number of phenolic OH excluding ortho intramolecular Hbond substituents is 2. The number of phenols is 2. The van der Waals surface area contributed by atoms with Crippen molar-refractivity contribution in [3.05, 3.63) is 155 Å². The maximum absolute atomic E-state index is 12.4. The van der Waals surface area contributed by atoms with Gasteiger partial charge >= 0.3 is 0 Å². The van der Waals surface area contributed by atoms with Crippen molar-refractivity contribution in [2.45, 2.75) is 130 Å². The van der Waals surface area contributed by atoms with E-state index in [1.807, 2.05) is 36.4 Å². The summed E-state index contributed by atoms with van der Waals surface area (Å²) in [6, 6.07) is 43.8. The smallest absolute Gasteiger partial charge is 0.126 e. The lowest BCUT2D eigenvalue weighted by Gasteiger charge is -2.27. The van der Waals surface area contributed by atoms with E-state index in [9.17, 15) is 10.2 Å². The van der Waals surface area contributed by atoms with Crippen LogP contribution in [-0.2, 0) is 44.0 Å². The third kappa shape index (κ3) is 8.95. The van der Waals surface area contributed by atoms with E-state index in [-0.39, 0.29) is 33.2 Å². The van der Waals surface area contributed by atoms with E-state index in [1.54, 1.807) is 14.2 Å². The molecule has 0 aliphatic rings. The molecule has 0 bridgehead atoms. The first-order valence-corrected chi connectivity index (χ1v) is 23.7. The van der Waals surface area contributed by atoms with Crippen molar-refractivity contribution in [1.82, 2.24) is 0 Å². The number of hydrogen-bond donors (Lipinski definition) is 2. The minimum Gasteiger partial charge on any atom is -0.507 e. The molecule has 8 aromatic rings. The molecule has 0 radical (unpaired) electrons. The Hall–Kier alpha value is -5.68. The Bertz CT molecular complexity index is 2910. The maximum Gasteiger partial charge on any atom is 0.126 e. The molecule has 0 fully saturated rings.